The third kappa shape index (κ3) is 9.77. The number of unbranched alkanes of at least 4 members (excludes halogenated alkanes) is 4. The van der Waals surface area contributed by atoms with Gasteiger partial charge in [0.05, 0.1) is 0 Å². The predicted octanol–water partition coefficient (Wildman–Crippen LogP) is 4.21. The minimum Gasteiger partial charge on any atom is -0.299 e. The Kier molecular flexibility index (Phi) is 9.00. The van der Waals surface area contributed by atoms with Gasteiger partial charge in [0.25, 0.3) is 0 Å². The first-order valence-corrected chi connectivity index (χ1v) is 6.55. The summed E-state index contributed by atoms with van der Waals surface area (Å²) in [6, 6.07) is 0. The van der Waals surface area contributed by atoms with Crippen LogP contribution in [0, 0.1) is 23.7 Å². The first-order valence-electron chi connectivity index (χ1n) is 6.55. The highest BCUT2D eigenvalue weighted by molar-refractivity contribution is 5.80. The lowest BCUT2D eigenvalue weighted by atomic mass is 10.0. The molecule has 0 atom stereocenters. The molecule has 0 aromatic rings. The van der Waals surface area contributed by atoms with Crippen molar-refractivity contribution in [2.75, 3.05) is 0 Å². The van der Waals surface area contributed by atoms with Gasteiger partial charge in [-0.25, -0.2) is 0 Å². The van der Waals surface area contributed by atoms with E-state index >= 15 is 0 Å². The van der Waals surface area contributed by atoms with Crippen LogP contribution in [0.1, 0.15) is 66.2 Å². The van der Waals surface area contributed by atoms with E-state index in [1.54, 1.807) is 0 Å². The van der Waals surface area contributed by atoms with E-state index in [2.05, 4.69) is 25.7 Å². The van der Waals surface area contributed by atoms with Crippen molar-refractivity contribution < 1.29 is 4.79 Å². The van der Waals surface area contributed by atoms with Crippen molar-refractivity contribution in [1.82, 2.24) is 0 Å². The zero-order chi connectivity index (χ0) is 12.4. The molecule has 0 aromatic carbocycles. The SMILES string of the molecule is CC(C)C#CCCCCCCC(=O)C(C)C. The van der Waals surface area contributed by atoms with Gasteiger partial charge in [0, 0.05) is 24.7 Å². The molecule has 92 valence electrons. The van der Waals surface area contributed by atoms with E-state index in [1.807, 2.05) is 13.8 Å². The molecule has 0 fully saturated rings. The Morgan fingerprint density at radius 2 is 1.62 bits per heavy atom. The fraction of sp³-hybridized carbons (Fsp3) is 0.800. The van der Waals surface area contributed by atoms with E-state index in [0.717, 1.165) is 19.3 Å². The summed E-state index contributed by atoms with van der Waals surface area (Å²) >= 11 is 0. The van der Waals surface area contributed by atoms with Crippen LogP contribution in [0.25, 0.3) is 0 Å². The zero-order valence-electron chi connectivity index (χ0n) is 11.3. The summed E-state index contributed by atoms with van der Waals surface area (Å²) in [6.45, 7) is 8.18. The molecular weight excluding hydrogens is 196 g/mol. The van der Waals surface area contributed by atoms with Crippen molar-refractivity contribution in [3.63, 3.8) is 0 Å². The molecule has 0 unspecified atom stereocenters. The Balaban J connectivity index is 3.29. The van der Waals surface area contributed by atoms with Gasteiger partial charge >= 0.3 is 0 Å². The smallest absolute Gasteiger partial charge is 0.135 e. The second kappa shape index (κ2) is 9.46. The van der Waals surface area contributed by atoms with E-state index in [9.17, 15) is 4.79 Å². The number of carbonyl (C=O) groups is 1. The van der Waals surface area contributed by atoms with Crippen molar-refractivity contribution in [3.8, 4) is 11.8 Å². The molecule has 16 heavy (non-hydrogen) atoms. The third-order valence-electron chi connectivity index (χ3n) is 2.51. The molecule has 0 spiro atoms. The summed E-state index contributed by atoms with van der Waals surface area (Å²) in [4.78, 5) is 11.3. The zero-order valence-corrected chi connectivity index (χ0v) is 11.3. The molecule has 0 heterocycles. The van der Waals surface area contributed by atoms with Gasteiger partial charge < -0.3 is 0 Å². The molecule has 0 aliphatic carbocycles. The van der Waals surface area contributed by atoms with Crippen LogP contribution in [0.5, 0.6) is 0 Å². The van der Waals surface area contributed by atoms with Crippen molar-refractivity contribution in [2.24, 2.45) is 11.8 Å². The van der Waals surface area contributed by atoms with Crippen LogP contribution >= 0.6 is 0 Å². The van der Waals surface area contributed by atoms with Crippen LogP contribution in [0.3, 0.4) is 0 Å². The number of hydrogen-bond acceptors (Lipinski definition) is 1. The van der Waals surface area contributed by atoms with Crippen molar-refractivity contribution in [2.45, 2.75) is 66.2 Å². The van der Waals surface area contributed by atoms with Crippen LogP contribution in [-0.4, -0.2) is 5.78 Å². The number of hydrogen-bond donors (Lipinski definition) is 0. The van der Waals surface area contributed by atoms with E-state index in [1.165, 1.54) is 19.3 Å². The Hall–Kier alpha value is -0.770. The molecule has 0 N–H and O–H groups in total. The monoisotopic (exact) mass is 222 g/mol. The standard InChI is InChI=1S/C15H26O/c1-13(2)11-9-7-5-6-8-10-12-15(16)14(3)4/h13-14H,5-8,10,12H2,1-4H3. The number of ketones is 1. The first kappa shape index (κ1) is 15.2. The van der Waals surface area contributed by atoms with Crippen LogP contribution < -0.4 is 0 Å². The fourth-order valence-corrected chi connectivity index (χ4v) is 1.43. The molecule has 0 aliphatic heterocycles. The Morgan fingerprint density at radius 3 is 2.19 bits per heavy atom. The normalized spacial score (nSPS) is 10.4. The predicted molar refractivity (Wildman–Crippen MR) is 70.2 cm³/mol. The number of Topliss-reactive ketones (excluding diaryl/α,β-unsaturated/α-hetero) is 1. The molecule has 0 saturated carbocycles. The van der Waals surface area contributed by atoms with Gasteiger partial charge in [-0.3, -0.25) is 4.79 Å². The van der Waals surface area contributed by atoms with E-state index in [-0.39, 0.29) is 5.92 Å². The summed E-state index contributed by atoms with van der Waals surface area (Å²) in [7, 11) is 0. The maximum Gasteiger partial charge on any atom is 0.135 e. The van der Waals surface area contributed by atoms with Gasteiger partial charge in [-0.15, -0.1) is 11.8 Å². The summed E-state index contributed by atoms with van der Waals surface area (Å²) in [5, 5.41) is 0. The topological polar surface area (TPSA) is 17.1 Å². The van der Waals surface area contributed by atoms with Crippen LogP contribution in [-0.2, 0) is 4.79 Å². The molecule has 0 amide bonds. The molecule has 0 radical (unpaired) electrons. The van der Waals surface area contributed by atoms with Gasteiger partial charge in [0.1, 0.15) is 5.78 Å². The molecule has 0 aromatic heterocycles. The molecule has 0 bridgehead atoms. The lowest BCUT2D eigenvalue weighted by Crippen LogP contribution is -2.05. The fourth-order valence-electron chi connectivity index (χ4n) is 1.43. The second-order valence-corrected chi connectivity index (χ2v) is 5.01. The lowest BCUT2D eigenvalue weighted by molar-refractivity contribution is -0.122. The van der Waals surface area contributed by atoms with Crippen molar-refractivity contribution in [1.29, 1.82) is 0 Å². The summed E-state index contributed by atoms with van der Waals surface area (Å²) in [5.41, 5.74) is 0. The van der Waals surface area contributed by atoms with Crippen LogP contribution in [0.15, 0.2) is 0 Å². The number of rotatable bonds is 7. The summed E-state index contributed by atoms with van der Waals surface area (Å²) in [5.74, 6) is 7.45. The van der Waals surface area contributed by atoms with Crippen LogP contribution in [0.4, 0.5) is 0 Å². The minimum atomic E-state index is 0.205. The van der Waals surface area contributed by atoms with E-state index < -0.39 is 0 Å². The van der Waals surface area contributed by atoms with E-state index in [0.29, 0.717) is 11.7 Å². The maximum atomic E-state index is 11.3. The highest BCUT2D eigenvalue weighted by Gasteiger charge is 2.05. The van der Waals surface area contributed by atoms with Gasteiger partial charge in [0.2, 0.25) is 0 Å². The van der Waals surface area contributed by atoms with Crippen LogP contribution in [0.2, 0.25) is 0 Å². The summed E-state index contributed by atoms with van der Waals surface area (Å²) in [6.07, 6.45) is 6.37. The average Bonchev–Trinajstić information content (AvgIpc) is 2.21. The van der Waals surface area contributed by atoms with E-state index in [4.69, 9.17) is 0 Å². The Labute approximate surface area is 101 Å². The maximum absolute atomic E-state index is 11.3. The Bertz CT molecular complexity index is 240. The second-order valence-electron chi connectivity index (χ2n) is 5.01. The average molecular weight is 222 g/mol. The lowest BCUT2D eigenvalue weighted by Gasteiger charge is -2.02. The highest BCUT2D eigenvalue weighted by Crippen LogP contribution is 2.08. The van der Waals surface area contributed by atoms with Gasteiger partial charge in [-0.05, 0) is 12.8 Å². The molecule has 0 saturated heterocycles. The van der Waals surface area contributed by atoms with Gasteiger partial charge in [-0.1, -0.05) is 40.5 Å². The van der Waals surface area contributed by atoms with Crippen molar-refractivity contribution in [3.05, 3.63) is 0 Å². The highest BCUT2D eigenvalue weighted by atomic mass is 16.1. The molecule has 0 aliphatic rings. The summed E-state index contributed by atoms with van der Waals surface area (Å²) < 4.78 is 0. The largest absolute Gasteiger partial charge is 0.299 e. The molecule has 1 heteroatoms. The molecular formula is C15H26O. The van der Waals surface area contributed by atoms with Gasteiger partial charge in [-0.2, -0.15) is 0 Å². The molecule has 0 rings (SSSR count). The Morgan fingerprint density at radius 1 is 1.00 bits per heavy atom. The number of carbonyl (C=O) groups excluding carboxylic acids is 1. The van der Waals surface area contributed by atoms with Crippen molar-refractivity contribution >= 4 is 5.78 Å². The van der Waals surface area contributed by atoms with Gasteiger partial charge in [0.15, 0.2) is 0 Å². The molecule has 1 nitrogen and oxygen atoms in total. The third-order valence-corrected chi connectivity index (χ3v) is 2.51. The quantitative estimate of drug-likeness (QED) is 0.466. The minimum absolute atomic E-state index is 0.205. The first-order chi connectivity index (χ1) is 7.54.